The predicted molar refractivity (Wildman–Crippen MR) is 112 cm³/mol. The van der Waals surface area contributed by atoms with Crippen LogP contribution < -0.4 is 20.1 Å². The van der Waals surface area contributed by atoms with Crippen LogP contribution in [0, 0.1) is 11.8 Å². The summed E-state index contributed by atoms with van der Waals surface area (Å²) in [6.45, 7) is 3.29. The highest BCUT2D eigenvalue weighted by Crippen LogP contribution is 2.37. The van der Waals surface area contributed by atoms with E-state index in [2.05, 4.69) is 23.5 Å². The molecule has 172 valence electrons. The standard InChI is InChI=1S/C22H31F2N3O4/c1-14(2)9-17-12-26(7-8-27(17)21(29)11-20(25)28)16-5-6-18(31-22(23)24)19(10-16)30-13-15-3-4-15/h5-6,10,14-15,17,22H,3-4,7-9,11-13H2,1-2H3,(H2,25,28)/t17-/m0/s1. The number of amides is 2. The first-order valence-electron chi connectivity index (χ1n) is 10.8. The summed E-state index contributed by atoms with van der Waals surface area (Å²) in [5, 5.41) is 0. The summed E-state index contributed by atoms with van der Waals surface area (Å²) in [6.07, 6.45) is 2.65. The molecule has 1 aliphatic carbocycles. The van der Waals surface area contributed by atoms with Crippen molar-refractivity contribution < 1.29 is 27.8 Å². The van der Waals surface area contributed by atoms with Crippen LogP contribution in [0.2, 0.25) is 0 Å². The van der Waals surface area contributed by atoms with Gasteiger partial charge in [-0.25, -0.2) is 0 Å². The lowest BCUT2D eigenvalue weighted by atomic mass is 9.99. The Morgan fingerprint density at radius 3 is 2.55 bits per heavy atom. The second kappa shape index (κ2) is 10.2. The molecule has 1 aromatic rings. The Morgan fingerprint density at radius 1 is 1.19 bits per heavy atom. The maximum Gasteiger partial charge on any atom is 0.387 e. The average Bonchev–Trinajstić information content (AvgIpc) is 3.50. The van der Waals surface area contributed by atoms with E-state index in [4.69, 9.17) is 10.5 Å². The third-order valence-corrected chi connectivity index (χ3v) is 5.55. The van der Waals surface area contributed by atoms with Crippen LogP contribution in [0.4, 0.5) is 14.5 Å². The normalized spacial score (nSPS) is 19.1. The minimum Gasteiger partial charge on any atom is -0.489 e. The summed E-state index contributed by atoms with van der Waals surface area (Å²) in [7, 11) is 0. The predicted octanol–water partition coefficient (Wildman–Crippen LogP) is 3.02. The molecule has 1 saturated heterocycles. The number of piperazine rings is 1. The van der Waals surface area contributed by atoms with Crippen molar-refractivity contribution in [3.8, 4) is 11.5 Å². The topological polar surface area (TPSA) is 85.1 Å². The van der Waals surface area contributed by atoms with Gasteiger partial charge in [-0.3, -0.25) is 9.59 Å². The number of benzene rings is 1. The molecule has 1 aromatic carbocycles. The number of primary amides is 1. The number of hydrogen-bond acceptors (Lipinski definition) is 5. The molecule has 0 spiro atoms. The van der Waals surface area contributed by atoms with Gasteiger partial charge in [-0.1, -0.05) is 13.8 Å². The van der Waals surface area contributed by atoms with Crippen molar-refractivity contribution in [1.29, 1.82) is 0 Å². The van der Waals surface area contributed by atoms with Crippen molar-refractivity contribution in [3.63, 3.8) is 0 Å². The van der Waals surface area contributed by atoms with Crippen molar-refractivity contribution in [3.05, 3.63) is 18.2 Å². The molecule has 1 aliphatic heterocycles. The summed E-state index contributed by atoms with van der Waals surface area (Å²) >= 11 is 0. The molecular weight excluding hydrogens is 408 g/mol. The van der Waals surface area contributed by atoms with Gasteiger partial charge in [0.15, 0.2) is 11.5 Å². The fourth-order valence-electron chi connectivity index (χ4n) is 3.91. The van der Waals surface area contributed by atoms with Crippen LogP contribution >= 0.6 is 0 Å². The van der Waals surface area contributed by atoms with Gasteiger partial charge in [-0.2, -0.15) is 8.78 Å². The van der Waals surface area contributed by atoms with Gasteiger partial charge in [0.2, 0.25) is 11.8 Å². The number of ether oxygens (including phenoxy) is 2. The number of anilines is 1. The van der Waals surface area contributed by atoms with E-state index >= 15 is 0 Å². The first kappa shape index (κ1) is 23.1. The maximum atomic E-state index is 12.8. The van der Waals surface area contributed by atoms with Gasteiger partial charge in [-0.05, 0) is 43.2 Å². The molecule has 1 atom stereocenters. The van der Waals surface area contributed by atoms with Gasteiger partial charge in [0, 0.05) is 37.4 Å². The van der Waals surface area contributed by atoms with Crippen LogP contribution in [-0.2, 0) is 9.59 Å². The quantitative estimate of drug-likeness (QED) is 0.567. The molecule has 0 unspecified atom stereocenters. The SMILES string of the molecule is CC(C)C[C@H]1CN(c2ccc(OC(F)F)c(OCC3CC3)c2)CCN1C(=O)CC(N)=O. The van der Waals surface area contributed by atoms with E-state index in [1.807, 2.05) is 0 Å². The zero-order chi connectivity index (χ0) is 22.5. The smallest absolute Gasteiger partial charge is 0.387 e. The molecule has 31 heavy (non-hydrogen) atoms. The molecule has 2 N–H and O–H groups in total. The van der Waals surface area contributed by atoms with E-state index in [1.54, 1.807) is 17.0 Å². The lowest BCUT2D eigenvalue weighted by Gasteiger charge is -2.43. The van der Waals surface area contributed by atoms with E-state index < -0.39 is 12.5 Å². The second-order valence-corrected chi connectivity index (χ2v) is 8.72. The lowest BCUT2D eigenvalue weighted by Crippen LogP contribution is -2.56. The summed E-state index contributed by atoms with van der Waals surface area (Å²) in [6, 6.07) is 4.89. The molecular formula is C22H31F2N3O4. The van der Waals surface area contributed by atoms with Gasteiger partial charge >= 0.3 is 6.61 Å². The van der Waals surface area contributed by atoms with Crippen LogP contribution in [0.25, 0.3) is 0 Å². The summed E-state index contributed by atoms with van der Waals surface area (Å²) in [5.74, 6) is 0.256. The molecule has 9 heteroatoms. The van der Waals surface area contributed by atoms with E-state index in [0.29, 0.717) is 43.8 Å². The first-order chi connectivity index (χ1) is 14.7. The number of hydrogen-bond donors (Lipinski definition) is 1. The van der Waals surface area contributed by atoms with Crippen LogP contribution in [0.15, 0.2) is 18.2 Å². The Bertz CT molecular complexity index is 786. The number of rotatable bonds is 10. The highest BCUT2D eigenvalue weighted by Gasteiger charge is 2.32. The maximum absolute atomic E-state index is 12.8. The van der Waals surface area contributed by atoms with Gasteiger partial charge < -0.3 is 25.0 Å². The van der Waals surface area contributed by atoms with Crippen molar-refractivity contribution in [1.82, 2.24) is 4.90 Å². The second-order valence-electron chi connectivity index (χ2n) is 8.72. The van der Waals surface area contributed by atoms with Crippen LogP contribution in [0.1, 0.15) is 39.5 Å². The fourth-order valence-corrected chi connectivity index (χ4v) is 3.91. The van der Waals surface area contributed by atoms with Crippen molar-refractivity contribution in [2.24, 2.45) is 17.6 Å². The third kappa shape index (κ3) is 6.70. The Kier molecular flexibility index (Phi) is 7.56. The zero-order valence-electron chi connectivity index (χ0n) is 18.1. The number of carbonyl (C=O) groups is 2. The molecule has 2 aliphatic rings. The van der Waals surface area contributed by atoms with Crippen LogP contribution in [-0.4, -0.2) is 55.6 Å². The van der Waals surface area contributed by atoms with E-state index in [9.17, 15) is 18.4 Å². The molecule has 2 fully saturated rings. The monoisotopic (exact) mass is 439 g/mol. The molecule has 7 nitrogen and oxygen atoms in total. The Labute approximate surface area is 181 Å². The number of carbonyl (C=O) groups excluding carboxylic acids is 2. The number of halogens is 2. The van der Waals surface area contributed by atoms with Gasteiger partial charge in [-0.15, -0.1) is 0 Å². The van der Waals surface area contributed by atoms with Gasteiger partial charge in [0.05, 0.1) is 6.61 Å². The summed E-state index contributed by atoms with van der Waals surface area (Å²) < 4.78 is 36.0. The highest BCUT2D eigenvalue weighted by atomic mass is 19.3. The first-order valence-corrected chi connectivity index (χ1v) is 10.8. The number of nitrogens with two attached hydrogens (primary N) is 1. The molecule has 2 amide bonds. The van der Waals surface area contributed by atoms with E-state index in [0.717, 1.165) is 24.9 Å². The fraction of sp³-hybridized carbons (Fsp3) is 0.636. The third-order valence-electron chi connectivity index (χ3n) is 5.55. The Hall–Kier alpha value is -2.58. The minimum absolute atomic E-state index is 0.0217. The van der Waals surface area contributed by atoms with E-state index in [1.165, 1.54) is 6.07 Å². The highest BCUT2D eigenvalue weighted by molar-refractivity contribution is 5.96. The zero-order valence-corrected chi connectivity index (χ0v) is 18.1. The van der Waals surface area contributed by atoms with Gasteiger partial charge in [0.25, 0.3) is 0 Å². The molecule has 0 radical (unpaired) electrons. The average molecular weight is 440 g/mol. The number of nitrogens with zero attached hydrogens (tertiary/aromatic N) is 2. The summed E-state index contributed by atoms with van der Waals surface area (Å²) in [5.41, 5.74) is 6.03. The molecule has 0 bridgehead atoms. The van der Waals surface area contributed by atoms with Crippen molar-refractivity contribution >= 4 is 17.5 Å². The van der Waals surface area contributed by atoms with E-state index in [-0.39, 0.29) is 24.1 Å². The molecule has 3 rings (SSSR count). The molecule has 1 heterocycles. The summed E-state index contributed by atoms with van der Waals surface area (Å²) in [4.78, 5) is 27.6. The van der Waals surface area contributed by atoms with Crippen LogP contribution in [0.3, 0.4) is 0 Å². The largest absolute Gasteiger partial charge is 0.489 e. The molecule has 1 saturated carbocycles. The lowest BCUT2D eigenvalue weighted by molar-refractivity contribution is -0.137. The minimum atomic E-state index is -2.93. The Balaban J connectivity index is 1.76. The van der Waals surface area contributed by atoms with Gasteiger partial charge in [0.1, 0.15) is 6.42 Å². The number of alkyl halides is 2. The van der Waals surface area contributed by atoms with Crippen molar-refractivity contribution in [2.45, 2.75) is 52.2 Å². The Morgan fingerprint density at radius 2 is 1.94 bits per heavy atom. The molecule has 0 aromatic heterocycles. The van der Waals surface area contributed by atoms with Crippen LogP contribution in [0.5, 0.6) is 11.5 Å². The van der Waals surface area contributed by atoms with Crippen molar-refractivity contribution in [2.75, 3.05) is 31.1 Å².